The van der Waals surface area contributed by atoms with Crippen LogP contribution in [0.3, 0.4) is 0 Å². The van der Waals surface area contributed by atoms with Crippen molar-refractivity contribution >= 4 is 11.7 Å². The molecule has 1 aromatic heterocycles. The number of amides is 1. The standard InChI is InChI=1S/C11H17N3O2/c1-7-4-9(5-10(12)13-7)11(16)14(3)6-8(2)15/h4-5,8,15H,6H2,1-3H3,(H2,12,13). The molecule has 1 rings (SSSR count). The van der Waals surface area contributed by atoms with E-state index >= 15 is 0 Å². The predicted octanol–water partition coefficient (Wildman–Crippen LogP) is 0.425. The number of nitrogens with zero attached hydrogens (tertiary/aromatic N) is 2. The summed E-state index contributed by atoms with van der Waals surface area (Å²) in [5.41, 5.74) is 6.76. The van der Waals surface area contributed by atoms with E-state index in [2.05, 4.69) is 4.98 Å². The van der Waals surface area contributed by atoms with E-state index in [0.717, 1.165) is 0 Å². The van der Waals surface area contributed by atoms with Crippen molar-refractivity contribution in [3.05, 3.63) is 23.4 Å². The summed E-state index contributed by atoms with van der Waals surface area (Å²) in [5.74, 6) is 0.159. The molecule has 0 radical (unpaired) electrons. The number of likely N-dealkylation sites (N-methyl/N-ethyl adjacent to an activating group) is 1. The SMILES string of the molecule is Cc1cc(C(=O)N(C)CC(C)O)cc(N)n1. The topological polar surface area (TPSA) is 79.5 Å². The third-order valence-corrected chi connectivity index (χ3v) is 2.10. The average molecular weight is 223 g/mol. The first-order chi connectivity index (χ1) is 7.40. The molecule has 0 aromatic carbocycles. The van der Waals surface area contributed by atoms with Gasteiger partial charge in [0, 0.05) is 24.8 Å². The van der Waals surface area contributed by atoms with Gasteiger partial charge in [0.2, 0.25) is 0 Å². The monoisotopic (exact) mass is 223 g/mol. The molecule has 3 N–H and O–H groups in total. The molecule has 0 aliphatic rings. The highest BCUT2D eigenvalue weighted by Gasteiger charge is 2.14. The van der Waals surface area contributed by atoms with E-state index in [0.29, 0.717) is 23.6 Å². The third-order valence-electron chi connectivity index (χ3n) is 2.10. The second-order valence-electron chi connectivity index (χ2n) is 3.96. The van der Waals surface area contributed by atoms with Gasteiger partial charge in [-0.05, 0) is 26.0 Å². The number of aromatic nitrogens is 1. The molecule has 0 fully saturated rings. The lowest BCUT2D eigenvalue weighted by Gasteiger charge is -2.19. The van der Waals surface area contributed by atoms with Crippen LogP contribution < -0.4 is 5.73 Å². The zero-order valence-corrected chi connectivity index (χ0v) is 9.77. The number of aryl methyl sites for hydroxylation is 1. The fourth-order valence-electron chi connectivity index (χ4n) is 1.52. The Bertz CT molecular complexity index is 371. The van der Waals surface area contributed by atoms with Gasteiger partial charge in [0.15, 0.2) is 0 Å². The maximum absolute atomic E-state index is 11.9. The molecule has 0 spiro atoms. The summed E-state index contributed by atoms with van der Waals surface area (Å²) in [4.78, 5) is 17.4. The first kappa shape index (κ1) is 12.4. The van der Waals surface area contributed by atoms with Crippen molar-refractivity contribution in [2.24, 2.45) is 0 Å². The van der Waals surface area contributed by atoms with E-state index in [1.807, 2.05) is 0 Å². The third kappa shape index (κ3) is 3.20. The molecular formula is C11H17N3O2. The Balaban J connectivity index is 2.87. The van der Waals surface area contributed by atoms with Crippen LogP contribution in [0.5, 0.6) is 0 Å². The highest BCUT2D eigenvalue weighted by atomic mass is 16.3. The van der Waals surface area contributed by atoms with E-state index in [4.69, 9.17) is 5.73 Å². The average Bonchev–Trinajstić information content (AvgIpc) is 2.13. The molecule has 0 bridgehead atoms. The minimum Gasteiger partial charge on any atom is -0.392 e. The number of pyridine rings is 1. The normalized spacial score (nSPS) is 12.2. The maximum atomic E-state index is 11.9. The van der Waals surface area contributed by atoms with Gasteiger partial charge in [-0.2, -0.15) is 0 Å². The number of nitrogen functional groups attached to an aromatic ring is 1. The maximum Gasteiger partial charge on any atom is 0.253 e. The van der Waals surface area contributed by atoms with E-state index in [-0.39, 0.29) is 5.91 Å². The molecule has 0 aliphatic carbocycles. The fourth-order valence-corrected chi connectivity index (χ4v) is 1.52. The van der Waals surface area contributed by atoms with Gasteiger partial charge in [-0.15, -0.1) is 0 Å². The lowest BCUT2D eigenvalue weighted by Crippen LogP contribution is -2.33. The lowest BCUT2D eigenvalue weighted by molar-refractivity contribution is 0.0703. The Hall–Kier alpha value is -1.62. The van der Waals surface area contributed by atoms with Gasteiger partial charge in [-0.1, -0.05) is 0 Å². The number of nitrogens with two attached hydrogens (primary N) is 1. The molecule has 1 heterocycles. The summed E-state index contributed by atoms with van der Waals surface area (Å²) in [6.07, 6.45) is -0.547. The van der Waals surface area contributed by atoms with Crippen molar-refractivity contribution in [1.29, 1.82) is 0 Å². The largest absolute Gasteiger partial charge is 0.392 e. The van der Waals surface area contributed by atoms with Crippen LogP contribution in [0.15, 0.2) is 12.1 Å². The molecule has 5 nitrogen and oxygen atoms in total. The number of rotatable bonds is 3. The van der Waals surface area contributed by atoms with Crippen LogP contribution in [0.2, 0.25) is 0 Å². The predicted molar refractivity (Wildman–Crippen MR) is 62.0 cm³/mol. The van der Waals surface area contributed by atoms with Crippen molar-refractivity contribution < 1.29 is 9.90 Å². The second kappa shape index (κ2) is 4.94. The van der Waals surface area contributed by atoms with Crippen molar-refractivity contribution in [1.82, 2.24) is 9.88 Å². The summed E-state index contributed by atoms with van der Waals surface area (Å²) < 4.78 is 0. The summed E-state index contributed by atoms with van der Waals surface area (Å²) in [5, 5.41) is 9.20. The zero-order valence-electron chi connectivity index (χ0n) is 9.77. The second-order valence-corrected chi connectivity index (χ2v) is 3.96. The summed E-state index contributed by atoms with van der Waals surface area (Å²) in [6, 6.07) is 3.21. The van der Waals surface area contributed by atoms with Gasteiger partial charge >= 0.3 is 0 Å². The minimum absolute atomic E-state index is 0.168. The molecular weight excluding hydrogens is 206 g/mol. The molecule has 16 heavy (non-hydrogen) atoms. The highest BCUT2D eigenvalue weighted by molar-refractivity contribution is 5.94. The molecule has 0 aliphatic heterocycles. The molecule has 88 valence electrons. The Kier molecular flexibility index (Phi) is 3.84. The molecule has 0 saturated heterocycles. The zero-order chi connectivity index (χ0) is 12.3. The molecule has 1 unspecified atom stereocenters. The Morgan fingerprint density at radius 2 is 2.25 bits per heavy atom. The molecule has 5 heteroatoms. The van der Waals surface area contributed by atoms with Crippen LogP contribution >= 0.6 is 0 Å². The lowest BCUT2D eigenvalue weighted by atomic mass is 10.2. The smallest absolute Gasteiger partial charge is 0.253 e. The number of carbonyl (C=O) groups is 1. The highest BCUT2D eigenvalue weighted by Crippen LogP contribution is 2.09. The minimum atomic E-state index is -0.547. The van der Waals surface area contributed by atoms with E-state index in [1.165, 1.54) is 11.0 Å². The summed E-state index contributed by atoms with van der Waals surface area (Å²) in [7, 11) is 1.64. The Labute approximate surface area is 94.9 Å². The molecule has 1 atom stereocenters. The van der Waals surface area contributed by atoms with Crippen molar-refractivity contribution in [3.63, 3.8) is 0 Å². The number of aliphatic hydroxyl groups excluding tert-OH is 1. The van der Waals surface area contributed by atoms with Crippen molar-refractivity contribution in [2.75, 3.05) is 19.3 Å². The van der Waals surface area contributed by atoms with Gasteiger partial charge in [-0.25, -0.2) is 4.98 Å². The number of carbonyl (C=O) groups excluding carboxylic acids is 1. The van der Waals surface area contributed by atoms with Crippen LogP contribution in [0.4, 0.5) is 5.82 Å². The van der Waals surface area contributed by atoms with Gasteiger partial charge in [0.1, 0.15) is 5.82 Å². The van der Waals surface area contributed by atoms with Crippen LogP contribution in [0.25, 0.3) is 0 Å². The van der Waals surface area contributed by atoms with E-state index < -0.39 is 6.10 Å². The molecule has 1 amide bonds. The number of hydrogen-bond donors (Lipinski definition) is 2. The number of anilines is 1. The van der Waals surface area contributed by atoms with Gasteiger partial charge in [0.05, 0.1) is 6.10 Å². The fraction of sp³-hybridized carbons (Fsp3) is 0.455. The Morgan fingerprint density at radius 1 is 1.62 bits per heavy atom. The van der Waals surface area contributed by atoms with Gasteiger partial charge in [0.25, 0.3) is 5.91 Å². The number of aliphatic hydroxyl groups is 1. The summed E-state index contributed by atoms with van der Waals surface area (Å²) >= 11 is 0. The quantitative estimate of drug-likeness (QED) is 0.778. The van der Waals surface area contributed by atoms with Crippen molar-refractivity contribution in [2.45, 2.75) is 20.0 Å². The van der Waals surface area contributed by atoms with Gasteiger partial charge < -0.3 is 15.7 Å². The Morgan fingerprint density at radius 3 is 2.75 bits per heavy atom. The van der Waals surface area contributed by atoms with E-state index in [1.54, 1.807) is 27.0 Å². The number of hydrogen-bond acceptors (Lipinski definition) is 4. The van der Waals surface area contributed by atoms with Gasteiger partial charge in [-0.3, -0.25) is 4.79 Å². The van der Waals surface area contributed by atoms with Crippen LogP contribution in [0.1, 0.15) is 23.0 Å². The molecule has 1 aromatic rings. The first-order valence-electron chi connectivity index (χ1n) is 5.08. The van der Waals surface area contributed by atoms with Crippen LogP contribution in [-0.4, -0.2) is 40.6 Å². The van der Waals surface area contributed by atoms with E-state index in [9.17, 15) is 9.90 Å². The van der Waals surface area contributed by atoms with Crippen LogP contribution in [0, 0.1) is 6.92 Å². The van der Waals surface area contributed by atoms with Crippen molar-refractivity contribution in [3.8, 4) is 0 Å². The first-order valence-corrected chi connectivity index (χ1v) is 5.08. The van der Waals surface area contributed by atoms with Crippen LogP contribution in [-0.2, 0) is 0 Å². The summed E-state index contributed by atoms with van der Waals surface area (Å²) in [6.45, 7) is 3.71. The molecule has 0 saturated carbocycles.